The number of amides is 1. The molecule has 0 bridgehead atoms. The molecule has 132 valence electrons. The second kappa shape index (κ2) is 8.99. The van der Waals surface area contributed by atoms with Crippen molar-refractivity contribution in [3.05, 3.63) is 65.2 Å². The highest BCUT2D eigenvalue weighted by Crippen LogP contribution is 2.11. The number of carbonyl (C=O) groups excluding carboxylic acids is 2. The molecule has 2 rings (SSSR count). The number of ether oxygens (including phenoxy) is 1. The minimum Gasteiger partial charge on any atom is -0.462 e. The summed E-state index contributed by atoms with van der Waals surface area (Å²) in [6, 6.07) is 14.9. The van der Waals surface area contributed by atoms with E-state index in [1.165, 1.54) is 11.1 Å². The fourth-order valence-electron chi connectivity index (χ4n) is 2.41. The Bertz CT molecular complexity index is 709. The molecule has 2 aromatic rings. The van der Waals surface area contributed by atoms with Gasteiger partial charge in [0.15, 0.2) is 0 Å². The molecule has 1 N–H and O–H groups in total. The summed E-state index contributed by atoms with van der Waals surface area (Å²) in [7, 11) is 1.91. The van der Waals surface area contributed by atoms with Crippen LogP contribution in [0.5, 0.6) is 0 Å². The molecule has 0 radical (unpaired) electrons. The van der Waals surface area contributed by atoms with Crippen LogP contribution in [0, 0.1) is 6.92 Å². The van der Waals surface area contributed by atoms with Crippen molar-refractivity contribution in [3.8, 4) is 0 Å². The standard InChI is InChI=1S/C20H24N2O3/c1-4-25-20(24)17-9-11-18(12-10-17)21-19(23)14-22(3)13-16-7-5-15(2)6-8-16/h5-12H,4,13-14H2,1-3H3,(H,21,23). The van der Waals surface area contributed by atoms with E-state index in [1.54, 1.807) is 31.2 Å². The molecule has 0 saturated carbocycles. The zero-order valence-corrected chi connectivity index (χ0v) is 14.9. The Hall–Kier alpha value is -2.66. The van der Waals surface area contributed by atoms with E-state index in [1.807, 2.05) is 18.9 Å². The number of benzene rings is 2. The molecule has 25 heavy (non-hydrogen) atoms. The Labute approximate surface area is 148 Å². The third kappa shape index (κ3) is 6.04. The number of hydrogen-bond donors (Lipinski definition) is 1. The van der Waals surface area contributed by atoms with Crippen molar-refractivity contribution in [3.63, 3.8) is 0 Å². The summed E-state index contributed by atoms with van der Waals surface area (Å²) in [4.78, 5) is 25.7. The van der Waals surface area contributed by atoms with Gasteiger partial charge in [0.1, 0.15) is 0 Å². The van der Waals surface area contributed by atoms with Crippen molar-refractivity contribution >= 4 is 17.6 Å². The summed E-state index contributed by atoms with van der Waals surface area (Å²) in [5, 5.41) is 2.83. The predicted octanol–water partition coefficient (Wildman–Crippen LogP) is 3.24. The van der Waals surface area contributed by atoms with Crippen LogP contribution in [0.1, 0.15) is 28.4 Å². The highest BCUT2D eigenvalue weighted by molar-refractivity contribution is 5.94. The lowest BCUT2D eigenvalue weighted by Crippen LogP contribution is -2.29. The second-order valence-corrected chi connectivity index (χ2v) is 6.00. The summed E-state index contributed by atoms with van der Waals surface area (Å²) in [5.41, 5.74) is 3.51. The molecular formula is C20H24N2O3. The van der Waals surface area contributed by atoms with Crippen molar-refractivity contribution in [2.45, 2.75) is 20.4 Å². The predicted molar refractivity (Wildman–Crippen MR) is 98.5 cm³/mol. The van der Waals surface area contributed by atoms with Gasteiger partial charge in [-0.3, -0.25) is 9.69 Å². The summed E-state index contributed by atoms with van der Waals surface area (Å²) in [6.45, 7) is 5.14. The highest BCUT2D eigenvalue weighted by atomic mass is 16.5. The molecular weight excluding hydrogens is 316 g/mol. The van der Waals surface area contributed by atoms with E-state index in [9.17, 15) is 9.59 Å². The van der Waals surface area contributed by atoms with Gasteiger partial charge < -0.3 is 10.1 Å². The lowest BCUT2D eigenvalue weighted by atomic mass is 10.1. The van der Waals surface area contributed by atoms with Crippen molar-refractivity contribution < 1.29 is 14.3 Å². The first kappa shape index (κ1) is 18.7. The SMILES string of the molecule is CCOC(=O)c1ccc(NC(=O)CN(C)Cc2ccc(C)cc2)cc1. The maximum atomic E-state index is 12.1. The first-order valence-corrected chi connectivity index (χ1v) is 8.29. The molecule has 0 fully saturated rings. The molecule has 0 aliphatic rings. The van der Waals surface area contributed by atoms with Crippen LogP contribution < -0.4 is 5.32 Å². The van der Waals surface area contributed by atoms with E-state index in [4.69, 9.17) is 4.74 Å². The van der Waals surface area contributed by atoms with Crippen LogP contribution in [-0.4, -0.2) is 37.0 Å². The smallest absolute Gasteiger partial charge is 0.338 e. The van der Waals surface area contributed by atoms with Gasteiger partial charge in [0.2, 0.25) is 5.91 Å². The first-order valence-electron chi connectivity index (χ1n) is 8.29. The molecule has 5 heteroatoms. The number of rotatable bonds is 7. The van der Waals surface area contributed by atoms with Gasteiger partial charge in [-0.1, -0.05) is 29.8 Å². The monoisotopic (exact) mass is 340 g/mol. The summed E-state index contributed by atoms with van der Waals surface area (Å²) < 4.78 is 4.93. The molecule has 0 aliphatic carbocycles. The van der Waals surface area contributed by atoms with Crippen molar-refractivity contribution in [1.29, 1.82) is 0 Å². The Kier molecular flexibility index (Phi) is 6.71. The van der Waals surface area contributed by atoms with Gasteiger partial charge in [-0.15, -0.1) is 0 Å². The van der Waals surface area contributed by atoms with Gasteiger partial charge >= 0.3 is 5.97 Å². The van der Waals surface area contributed by atoms with Crippen LogP contribution in [0.4, 0.5) is 5.69 Å². The largest absolute Gasteiger partial charge is 0.462 e. The van der Waals surface area contributed by atoms with Crippen molar-refractivity contribution in [2.75, 3.05) is 25.5 Å². The average molecular weight is 340 g/mol. The Balaban J connectivity index is 1.84. The lowest BCUT2D eigenvalue weighted by Gasteiger charge is -2.16. The fourth-order valence-corrected chi connectivity index (χ4v) is 2.41. The van der Waals surface area contributed by atoms with Crippen molar-refractivity contribution in [1.82, 2.24) is 4.90 Å². The zero-order valence-electron chi connectivity index (χ0n) is 14.9. The topological polar surface area (TPSA) is 58.6 Å². The number of nitrogens with one attached hydrogen (secondary N) is 1. The Morgan fingerprint density at radius 2 is 1.68 bits per heavy atom. The minimum absolute atomic E-state index is 0.0986. The van der Waals surface area contributed by atoms with Crippen LogP contribution in [0.15, 0.2) is 48.5 Å². The van der Waals surface area contributed by atoms with Gasteiger partial charge in [-0.05, 0) is 50.7 Å². The van der Waals surface area contributed by atoms with Gasteiger partial charge in [0, 0.05) is 12.2 Å². The number of anilines is 1. The highest BCUT2D eigenvalue weighted by Gasteiger charge is 2.09. The summed E-state index contributed by atoms with van der Waals surface area (Å²) >= 11 is 0. The maximum absolute atomic E-state index is 12.1. The van der Waals surface area contributed by atoms with Crippen molar-refractivity contribution in [2.24, 2.45) is 0 Å². The molecule has 0 heterocycles. The molecule has 0 aliphatic heterocycles. The van der Waals surface area contributed by atoms with Gasteiger partial charge in [0.25, 0.3) is 0 Å². The fraction of sp³-hybridized carbons (Fsp3) is 0.300. The molecule has 2 aromatic carbocycles. The molecule has 0 spiro atoms. The van der Waals surface area contributed by atoms with Gasteiger partial charge in [-0.2, -0.15) is 0 Å². The van der Waals surface area contributed by atoms with Crippen LogP contribution in [0.2, 0.25) is 0 Å². The van der Waals surface area contributed by atoms with Gasteiger partial charge in [0.05, 0.1) is 18.7 Å². The minimum atomic E-state index is -0.363. The Morgan fingerprint density at radius 3 is 2.28 bits per heavy atom. The number of nitrogens with zero attached hydrogens (tertiary/aromatic N) is 1. The molecule has 0 unspecified atom stereocenters. The average Bonchev–Trinajstić information content (AvgIpc) is 2.57. The maximum Gasteiger partial charge on any atom is 0.338 e. The van der Waals surface area contributed by atoms with E-state index in [0.29, 0.717) is 24.4 Å². The van der Waals surface area contributed by atoms with Crippen LogP contribution in [0.25, 0.3) is 0 Å². The quantitative estimate of drug-likeness (QED) is 0.786. The molecule has 0 atom stereocenters. The molecule has 0 saturated heterocycles. The number of hydrogen-bond acceptors (Lipinski definition) is 4. The molecule has 5 nitrogen and oxygen atoms in total. The molecule has 0 aromatic heterocycles. The van der Waals surface area contributed by atoms with E-state index >= 15 is 0 Å². The third-order valence-corrected chi connectivity index (χ3v) is 3.67. The Morgan fingerprint density at radius 1 is 1.04 bits per heavy atom. The number of carbonyl (C=O) groups is 2. The third-order valence-electron chi connectivity index (χ3n) is 3.67. The van der Waals surface area contributed by atoms with E-state index in [2.05, 4.69) is 29.6 Å². The van der Waals surface area contributed by atoms with E-state index in [0.717, 1.165) is 0 Å². The van der Waals surface area contributed by atoms with E-state index < -0.39 is 0 Å². The summed E-state index contributed by atoms with van der Waals surface area (Å²) in [5.74, 6) is -0.461. The van der Waals surface area contributed by atoms with Crippen LogP contribution >= 0.6 is 0 Å². The molecule has 1 amide bonds. The van der Waals surface area contributed by atoms with Crippen LogP contribution in [-0.2, 0) is 16.1 Å². The first-order chi connectivity index (χ1) is 12.0. The number of likely N-dealkylation sites (N-methyl/N-ethyl adjacent to an activating group) is 1. The van der Waals surface area contributed by atoms with Crippen LogP contribution in [0.3, 0.4) is 0 Å². The number of esters is 1. The van der Waals surface area contributed by atoms with E-state index in [-0.39, 0.29) is 18.4 Å². The van der Waals surface area contributed by atoms with Gasteiger partial charge in [-0.25, -0.2) is 4.79 Å². The normalized spacial score (nSPS) is 10.6. The number of aryl methyl sites for hydroxylation is 1. The summed E-state index contributed by atoms with van der Waals surface area (Å²) in [6.07, 6.45) is 0. The second-order valence-electron chi connectivity index (χ2n) is 6.00. The zero-order chi connectivity index (χ0) is 18.2. The lowest BCUT2D eigenvalue weighted by molar-refractivity contribution is -0.117.